The summed E-state index contributed by atoms with van der Waals surface area (Å²) in [5, 5.41) is 0. The van der Waals surface area contributed by atoms with E-state index in [0.29, 0.717) is 18.3 Å². The van der Waals surface area contributed by atoms with Gasteiger partial charge < -0.3 is 16.4 Å². The molecule has 1 aliphatic rings. The Morgan fingerprint density at radius 3 is 2.65 bits per heavy atom. The fraction of sp³-hybridized carbons (Fsp3) is 0.417. The van der Waals surface area contributed by atoms with Crippen LogP contribution in [0.2, 0.25) is 0 Å². The Morgan fingerprint density at radius 1 is 1.53 bits per heavy atom. The molecule has 0 spiro atoms. The minimum Gasteiger partial charge on any atom is -0.398 e. The van der Waals surface area contributed by atoms with E-state index in [1.807, 2.05) is 11.8 Å². The number of nitrogens with zero attached hydrogens (tertiary/aromatic N) is 1. The second-order valence-electron chi connectivity index (χ2n) is 4.27. The highest BCUT2D eigenvalue weighted by atomic mass is 19.1. The molecular weight excluding hydrogens is 221 g/mol. The van der Waals surface area contributed by atoms with Crippen LogP contribution in [0.5, 0.6) is 0 Å². The van der Waals surface area contributed by atoms with Crippen LogP contribution in [-0.2, 0) is 0 Å². The molecule has 1 saturated carbocycles. The van der Waals surface area contributed by atoms with Crippen LogP contribution in [-0.4, -0.2) is 18.5 Å². The smallest absolute Gasteiger partial charge is 0.250 e. The van der Waals surface area contributed by atoms with Crippen LogP contribution in [0.4, 0.5) is 15.8 Å². The van der Waals surface area contributed by atoms with Crippen LogP contribution in [0.1, 0.15) is 30.1 Å². The molecule has 4 nitrogen and oxygen atoms in total. The average molecular weight is 237 g/mol. The monoisotopic (exact) mass is 237 g/mol. The van der Waals surface area contributed by atoms with E-state index >= 15 is 0 Å². The predicted octanol–water partition coefficient (Wildman–Crippen LogP) is 1.50. The molecule has 0 aliphatic heterocycles. The Kier molecular flexibility index (Phi) is 2.92. The molecule has 0 heterocycles. The van der Waals surface area contributed by atoms with E-state index in [1.165, 1.54) is 12.1 Å². The van der Waals surface area contributed by atoms with Gasteiger partial charge in [-0.1, -0.05) is 0 Å². The number of benzene rings is 1. The van der Waals surface area contributed by atoms with Crippen molar-refractivity contribution in [3.8, 4) is 0 Å². The second kappa shape index (κ2) is 4.24. The Hall–Kier alpha value is -1.78. The largest absolute Gasteiger partial charge is 0.398 e. The van der Waals surface area contributed by atoms with Crippen molar-refractivity contribution in [2.75, 3.05) is 17.2 Å². The topological polar surface area (TPSA) is 72.3 Å². The van der Waals surface area contributed by atoms with Gasteiger partial charge in [0, 0.05) is 18.3 Å². The zero-order valence-electron chi connectivity index (χ0n) is 9.74. The quantitative estimate of drug-likeness (QED) is 0.779. The normalized spacial score (nSPS) is 14.7. The molecule has 0 atom stereocenters. The van der Waals surface area contributed by atoms with Gasteiger partial charge in [-0.25, -0.2) is 4.39 Å². The molecule has 0 aromatic heterocycles. The second-order valence-corrected chi connectivity index (χ2v) is 4.27. The number of primary amides is 1. The zero-order chi connectivity index (χ0) is 12.6. The van der Waals surface area contributed by atoms with Crippen LogP contribution < -0.4 is 16.4 Å². The van der Waals surface area contributed by atoms with Gasteiger partial charge in [0.2, 0.25) is 0 Å². The van der Waals surface area contributed by atoms with E-state index in [4.69, 9.17) is 11.5 Å². The third-order valence-corrected chi connectivity index (χ3v) is 3.02. The Balaban J connectivity index is 2.44. The average Bonchev–Trinajstić information content (AvgIpc) is 3.05. The van der Waals surface area contributed by atoms with Gasteiger partial charge in [-0.05, 0) is 31.9 Å². The Morgan fingerprint density at radius 2 is 2.18 bits per heavy atom. The van der Waals surface area contributed by atoms with Crippen molar-refractivity contribution in [3.63, 3.8) is 0 Å². The molecule has 1 fully saturated rings. The van der Waals surface area contributed by atoms with Gasteiger partial charge in [0.25, 0.3) is 5.91 Å². The third kappa shape index (κ3) is 2.18. The van der Waals surface area contributed by atoms with E-state index in [1.54, 1.807) is 0 Å². The van der Waals surface area contributed by atoms with E-state index in [2.05, 4.69) is 0 Å². The predicted molar refractivity (Wildman–Crippen MR) is 65.4 cm³/mol. The van der Waals surface area contributed by atoms with Gasteiger partial charge in [-0.2, -0.15) is 0 Å². The first-order chi connectivity index (χ1) is 8.04. The number of amides is 1. The minimum atomic E-state index is -0.629. The summed E-state index contributed by atoms with van der Waals surface area (Å²) < 4.78 is 13.8. The van der Waals surface area contributed by atoms with Crippen LogP contribution in [0, 0.1) is 5.82 Å². The SMILES string of the molecule is CCN(c1cc(C(N)=O)c(N)cc1F)C1CC1. The first-order valence-electron chi connectivity index (χ1n) is 5.70. The number of rotatable bonds is 4. The number of nitrogens with two attached hydrogens (primary N) is 2. The fourth-order valence-corrected chi connectivity index (χ4v) is 2.02. The van der Waals surface area contributed by atoms with Gasteiger partial charge >= 0.3 is 0 Å². The summed E-state index contributed by atoms with van der Waals surface area (Å²) >= 11 is 0. The van der Waals surface area contributed by atoms with E-state index < -0.39 is 11.7 Å². The van der Waals surface area contributed by atoms with Crippen LogP contribution >= 0.6 is 0 Å². The Labute approximate surface area is 99.4 Å². The molecule has 1 aromatic rings. The number of carbonyl (C=O) groups excluding carboxylic acids is 1. The first-order valence-corrected chi connectivity index (χ1v) is 5.70. The molecule has 0 bridgehead atoms. The van der Waals surface area contributed by atoms with E-state index in [9.17, 15) is 9.18 Å². The lowest BCUT2D eigenvalue weighted by molar-refractivity contribution is 0.100. The molecular formula is C12H16FN3O. The van der Waals surface area contributed by atoms with Crippen molar-refractivity contribution in [1.82, 2.24) is 0 Å². The summed E-state index contributed by atoms with van der Waals surface area (Å²) in [5.41, 5.74) is 11.5. The molecule has 1 aliphatic carbocycles. The van der Waals surface area contributed by atoms with Crippen molar-refractivity contribution in [2.45, 2.75) is 25.8 Å². The molecule has 0 saturated heterocycles. The fourth-order valence-electron chi connectivity index (χ4n) is 2.02. The van der Waals surface area contributed by atoms with E-state index in [-0.39, 0.29) is 11.3 Å². The van der Waals surface area contributed by atoms with Crippen LogP contribution in [0.15, 0.2) is 12.1 Å². The summed E-state index contributed by atoms with van der Waals surface area (Å²) in [6, 6.07) is 2.99. The number of halogens is 1. The molecule has 2 rings (SSSR count). The van der Waals surface area contributed by atoms with Crippen molar-refractivity contribution in [3.05, 3.63) is 23.5 Å². The highest BCUT2D eigenvalue weighted by molar-refractivity contribution is 5.99. The highest BCUT2D eigenvalue weighted by Crippen LogP contribution is 2.34. The maximum Gasteiger partial charge on any atom is 0.250 e. The maximum atomic E-state index is 13.8. The molecule has 1 amide bonds. The van der Waals surface area contributed by atoms with Gasteiger partial charge in [-0.15, -0.1) is 0 Å². The third-order valence-electron chi connectivity index (χ3n) is 3.02. The first kappa shape index (κ1) is 11.7. The van der Waals surface area contributed by atoms with Gasteiger partial charge in [0.1, 0.15) is 5.82 Å². The number of hydrogen-bond donors (Lipinski definition) is 2. The summed E-state index contributed by atoms with van der Waals surface area (Å²) in [6.45, 7) is 2.65. The Bertz CT molecular complexity index is 457. The molecule has 17 heavy (non-hydrogen) atoms. The molecule has 4 N–H and O–H groups in total. The van der Waals surface area contributed by atoms with Gasteiger partial charge in [0.15, 0.2) is 0 Å². The minimum absolute atomic E-state index is 0.0885. The van der Waals surface area contributed by atoms with Crippen molar-refractivity contribution < 1.29 is 9.18 Å². The maximum absolute atomic E-state index is 13.8. The van der Waals surface area contributed by atoms with Crippen molar-refractivity contribution >= 4 is 17.3 Å². The lowest BCUT2D eigenvalue weighted by Gasteiger charge is -2.24. The number of nitrogen functional groups attached to an aromatic ring is 1. The number of anilines is 2. The standard InChI is InChI=1S/C12H16FN3O/c1-2-16(7-3-4-7)11-5-8(12(15)17)10(14)6-9(11)13/h5-7H,2-4,14H2,1H3,(H2,15,17). The highest BCUT2D eigenvalue weighted by Gasteiger charge is 2.30. The van der Waals surface area contributed by atoms with Crippen molar-refractivity contribution in [1.29, 1.82) is 0 Å². The van der Waals surface area contributed by atoms with Crippen LogP contribution in [0.3, 0.4) is 0 Å². The molecule has 0 radical (unpaired) electrons. The van der Waals surface area contributed by atoms with Crippen LogP contribution in [0.25, 0.3) is 0 Å². The van der Waals surface area contributed by atoms with Gasteiger partial charge in [0.05, 0.1) is 11.3 Å². The number of hydrogen-bond acceptors (Lipinski definition) is 3. The lowest BCUT2D eigenvalue weighted by atomic mass is 10.1. The molecule has 5 heteroatoms. The molecule has 1 aromatic carbocycles. The van der Waals surface area contributed by atoms with Gasteiger partial charge in [-0.3, -0.25) is 4.79 Å². The molecule has 92 valence electrons. The summed E-state index contributed by atoms with van der Waals surface area (Å²) in [7, 11) is 0. The molecule has 0 unspecified atom stereocenters. The van der Waals surface area contributed by atoms with E-state index in [0.717, 1.165) is 12.8 Å². The number of carbonyl (C=O) groups is 1. The lowest BCUT2D eigenvalue weighted by Crippen LogP contribution is -2.27. The summed E-state index contributed by atoms with van der Waals surface area (Å²) in [6.07, 6.45) is 2.12. The summed E-state index contributed by atoms with van der Waals surface area (Å²) in [4.78, 5) is 13.1. The van der Waals surface area contributed by atoms with Crippen molar-refractivity contribution in [2.24, 2.45) is 5.73 Å². The zero-order valence-corrected chi connectivity index (χ0v) is 9.74. The summed E-state index contributed by atoms with van der Waals surface area (Å²) in [5.74, 6) is -1.03.